The normalized spacial score (nSPS) is 24.5. The van der Waals surface area contributed by atoms with Crippen molar-refractivity contribution in [1.82, 2.24) is 56.1 Å². The van der Waals surface area contributed by atoms with Gasteiger partial charge in [0.2, 0.25) is 29.7 Å². The monoisotopic (exact) mass is 962 g/mol. The third-order valence-electron chi connectivity index (χ3n) is 15.2. The van der Waals surface area contributed by atoms with Crippen LogP contribution in [0.2, 0.25) is 0 Å². The molecule has 0 spiro atoms. The Morgan fingerprint density at radius 1 is 0.420 bits per heavy atom. The summed E-state index contributed by atoms with van der Waals surface area (Å²) in [5, 5.41) is 15.8. The summed E-state index contributed by atoms with van der Waals surface area (Å²) in [5.74, 6) is 3.97. The van der Waals surface area contributed by atoms with E-state index >= 15 is 0 Å². The zero-order chi connectivity index (χ0) is 51.9. The Labute approximate surface area is 419 Å². The highest BCUT2D eigenvalue weighted by molar-refractivity contribution is 5.47. The van der Waals surface area contributed by atoms with E-state index < -0.39 is 5.54 Å². The second kappa shape index (κ2) is 18.7. The van der Waals surface area contributed by atoms with Crippen molar-refractivity contribution in [3.05, 3.63) is 5.82 Å². The predicted molar refractivity (Wildman–Crippen MR) is 288 cm³/mol. The molecule has 17 nitrogen and oxygen atoms in total. The van der Waals surface area contributed by atoms with E-state index in [1.807, 2.05) is 38.0 Å². The molecule has 2 aromatic rings. The molecule has 2 aromatic heterocycles. The Kier molecular flexibility index (Phi) is 14.9. The van der Waals surface area contributed by atoms with Crippen LogP contribution in [0, 0.1) is 0 Å². The van der Waals surface area contributed by atoms with Crippen LogP contribution >= 0.6 is 0 Å². The molecule has 392 valence electrons. The van der Waals surface area contributed by atoms with Gasteiger partial charge in [-0.1, -0.05) is 0 Å². The lowest BCUT2D eigenvalue weighted by Gasteiger charge is -2.55. The molecule has 6 heterocycles. The van der Waals surface area contributed by atoms with Gasteiger partial charge >= 0.3 is 0 Å². The molecule has 0 amide bonds. The van der Waals surface area contributed by atoms with Crippen LogP contribution in [0.5, 0.6) is 0 Å². The summed E-state index contributed by atoms with van der Waals surface area (Å²) in [7, 11) is 10.2. The number of nitrogens with two attached hydrogens (primary N) is 1. The van der Waals surface area contributed by atoms with Crippen LogP contribution in [0.25, 0.3) is 0 Å². The Morgan fingerprint density at radius 2 is 0.710 bits per heavy atom. The fourth-order valence-corrected chi connectivity index (χ4v) is 13.7. The van der Waals surface area contributed by atoms with Gasteiger partial charge in [0.25, 0.3) is 0 Å². The van der Waals surface area contributed by atoms with E-state index in [9.17, 15) is 0 Å². The maximum atomic E-state index is 6.90. The Hall–Kier alpha value is -3.22. The first-order chi connectivity index (χ1) is 31.2. The van der Waals surface area contributed by atoms with Crippen molar-refractivity contribution < 1.29 is 0 Å². The molecule has 0 aromatic carbocycles. The van der Waals surface area contributed by atoms with Crippen LogP contribution < -0.4 is 51.5 Å². The SMILES string of the molecule is CN(C)c1nc(N(C)C)nc(N(CN(C2CC(C)(C)NC(C)(C)C2)C(C)(C)c2nc(N(C)C3CC(C)(C)NC(C)(C)C3)nc(N(CN)C3CC(C)(C)NC(C)(C)C3)n2)C2CC(C)(C)NC(C)(C)C2)n1. The first-order valence-corrected chi connectivity index (χ1v) is 26.0. The van der Waals surface area contributed by atoms with Gasteiger partial charge in [0.15, 0.2) is 5.82 Å². The van der Waals surface area contributed by atoms with Crippen molar-refractivity contribution in [2.75, 3.05) is 73.1 Å². The van der Waals surface area contributed by atoms with Crippen LogP contribution in [-0.2, 0) is 5.54 Å². The molecule has 4 saturated heterocycles. The van der Waals surface area contributed by atoms with Gasteiger partial charge in [0.1, 0.15) is 0 Å². The van der Waals surface area contributed by atoms with Gasteiger partial charge in [-0.05, 0) is 176 Å². The number of nitrogens with one attached hydrogen (secondary N) is 4. The lowest BCUT2D eigenvalue weighted by Crippen LogP contribution is -2.67. The molecule has 69 heavy (non-hydrogen) atoms. The topological polar surface area (TPSA) is 171 Å². The zero-order valence-corrected chi connectivity index (χ0v) is 47.8. The van der Waals surface area contributed by atoms with Gasteiger partial charge < -0.3 is 51.5 Å². The van der Waals surface area contributed by atoms with Crippen molar-refractivity contribution in [1.29, 1.82) is 0 Å². The summed E-state index contributed by atoms with van der Waals surface area (Å²) in [4.78, 5) is 46.0. The van der Waals surface area contributed by atoms with Gasteiger partial charge in [-0.15, -0.1) is 0 Å². The number of rotatable bonds is 14. The highest BCUT2D eigenvalue weighted by atomic mass is 15.5. The second-order valence-corrected chi connectivity index (χ2v) is 28.0. The molecule has 0 atom stereocenters. The minimum absolute atomic E-state index is 0.0746. The molecule has 4 fully saturated rings. The standard InChI is InChI=1S/C52H99N17/c1-44(2)24-34(25-45(3,4)60-44)66(23)41-54-38(55-42(59-41)67(32-53)35-26-46(5,6)61-47(7,8)27-35)52(17,18)69(37-30-50(13,14)63-51(15,16)31-37)33-68(36-28-48(9,10)62-49(11,12)29-36)43-57-39(64(19)20)56-40(58-43)65(21)22/h34-37,60-63H,24-33,53H2,1-23H3. The largest absolute Gasteiger partial charge is 0.347 e. The number of aromatic nitrogens is 6. The third kappa shape index (κ3) is 13.3. The van der Waals surface area contributed by atoms with Crippen LogP contribution in [-0.4, -0.2) is 152 Å². The lowest BCUT2D eigenvalue weighted by molar-refractivity contribution is -0.00525. The molecule has 6 rings (SSSR count). The summed E-state index contributed by atoms with van der Waals surface area (Å²) < 4.78 is 0. The maximum absolute atomic E-state index is 6.90. The maximum Gasteiger partial charge on any atom is 0.233 e. The van der Waals surface area contributed by atoms with E-state index in [-0.39, 0.29) is 75.1 Å². The number of hydrogen-bond acceptors (Lipinski definition) is 17. The average molecular weight is 962 g/mol. The Balaban J connectivity index is 1.60. The number of nitrogens with zero attached hydrogens (tertiary/aromatic N) is 12. The van der Waals surface area contributed by atoms with E-state index in [4.69, 9.17) is 35.6 Å². The van der Waals surface area contributed by atoms with Gasteiger partial charge in [0.05, 0.1) is 18.9 Å². The molecule has 0 aliphatic carbocycles. The number of hydrogen-bond donors (Lipinski definition) is 5. The Bertz CT molecular complexity index is 2010. The first-order valence-electron chi connectivity index (χ1n) is 26.0. The molecule has 6 N–H and O–H groups in total. The van der Waals surface area contributed by atoms with E-state index in [1.165, 1.54) is 0 Å². The fourth-order valence-electron chi connectivity index (χ4n) is 13.7. The quantitative estimate of drug-likeness (QED) is 0.129. The van der Waals surface area contributed by atoms with E-state index in [0.29, 0.717) is 36.4 Å². The minimum Gasteiger partial charge on any atom is -0.347 e. The first kappa shape index (κ1) is 55.1. The highest BCUT2D eigenvalue weighted by Crippen LogP contribution is 2.42. The van der Waals surface area contributed by atoms with Crippen molar-refractivity contribution >= 4 is 29.7 Å². The minimum atomic E-state index is -0.737. The number of piperidine rings is 4. The van der Waals surface area contributed by atoms with Crippen LogP contribution in [0.1, 0.15) is 182 Å². The molecule has 4 aliphatic heterocycles. The molecule has 17 heteroatoms. The van der Waals surface area contributed by atoms with E-state index in [0.717, 1.165) is 57.2 Å². The van der Waals surface area contributed by atoms with Crippen molar-refractivity contribution in [3.63, 3.8) is 0 Å². The van der Waals surface area contributed by atoms with Gasteiger partial charge in [-0.3, -0.25) is 4.90 Å². The molecule has 0 saturated carbocycles. The molecule has 0 unspecified atom stereocenters. The van der Waals surface area contributed by atoms with Crippen molar-refractivity contribution in [3.8, 4) is 0 Å². The predicted octanol–water partition coefficient (Wildman–Crippen LogP) is 6.59. The van der Waals surface area contributed by atoms with Gasteiger partial charge in [-0.2, -0.15) is 29.9 Å². The number of anilines is 5. The van der Waals surface area contributed by atoms with E-state index in [1.54, 1.807) is 0 Å². The smallest absolute Gasteiger partial charge is 0.233 e. The van der Waals surface area contributed by atoms with Crippen LogP contribution in [0.4, 0.5) is 29.7 Å². The molecular formula is C52H99N17. The molecule has 0 bridgehead atoms. The van der Waals surface area contributed by atoms with Gasteiger partial charge in [-0.25, -0.2) is 0 Å². The highest BCUT2D eigenvalue weighted by Gasteiger charge is 2.50. The second-order valence-electron chi connectivity index (χ2n) is 28.0. The fraction of sp³-hybridized carbons (Fsp3) is 0.885. The van der Waals surface area contributed by atoms with Crippen LogP contribution in [0.15, 0.2) is 0 Å². The van der Waals surface area contributed by atoms with E-state index in [2.05, 4.69) is 173 Å². The lowest BCUT2D eigenvalue weighted by atomic mass is 9.77. The summed E-state index contributed by atoms with van der Waals surface area (Å²) in [5.41, 5.74) is 5.21. The average Bonchev–Trinajstić information content (AvgIpc) is 3.12. The molecule has 4 aliphatic rings. The Morgan fingerprint density at radius 3 is 1.07 bits per heavy atom. The zero-order valence-electron chi connectivity index (χ0n) is 47.8. The van der Waals surface area contributed by atoms with Crippen molar-refractivity contribution in [2.45, 2.75) is 250 Å². The summed E-state index contributed by atoms with van der Waals surface area (Å²) in [6.45, 7) is 42.6. The third-order valence-corrected chi connectivity index (χ3v) is 15.2. The summed E-state index contributed by atoms with van der Waals surface area (Å²) >= 11 is 0. The summed E-state index contributed by atoms with van der Waals surface area (Å²) in [6, 6.07) is 0.505. The van der Waals surface area contributed by atoms with Crippen molar-refractivity contribution in [2.24, 2.45) is 5.73 Å². The summed E-state index contributed by atoms with van der Waals surface area (Å²) in [6.07, 6.45) is 7.33. The molecular weight excluding hydrogens is 863 g/mol. The van der Waals surface area contributed by atoms with Crippen LogP contribution in [0.3, 0.4) is 0 Å². The van der Waals surface area contributed by atoms with Gasteiger partial charge in [0, 0.05) is 104 Å². The molecule has 0 radical (unpaired) electrons.